The molecule has 2 aromatic carbocycles. The van der Waals surface area contributed by atoms with Crippen LogP contribution in [0.5, 0.6) is 0 Å². The van der Waals surface area contributed by atoms with Crippen LogP contribution in [0.2, 0.25) is 0 Å². The Morgan fingerprint density at radius 2 is 1.39 bits per heavy atom. The Morgan fingerprint density at radius 1 is 0.778 bits per heavy atom. The van der Waals surface area contributed by atoms with Crippen LogP contribution in [0.4, 0.5) is 0 Å². The Bertz CT molecular complexity index is 1140. The van der Waals surface area contributed by atoms with E-state index in [9.17, 15) is 0 Å². The maximum absolute atomic E-state index is 2.66. The maximum atomic E-state index is 2.66. The van der Waals surface area contributed by atoms with Crippen LogP contribution in [0.3, 0.4) is 0 Å². The van der Waals surface area contributed by atoms with Gasteiger partial charge in [0.25, 0.3) is 0 Å². The van der Waals surface area contributed by atoms with Crippen LogP contribution in [0.25, 0.3) is 11.1 Å². The van der Waals surface area contributed by atoms with Gasteiger partial charge in [0, 0.05) is 0 Å². The molecule has 2 atom stereocenters. The van der Waals surface area contributed by atoms with Crippen molar-refractivity contribution in [3.63, 3.8) is 0 Å². The molecule has 4 aliphatic rings. The predicted octanol–water partition coefficient (Wildman–Crippen LogP) is 2.18. The first-order chi connectivity index (χ1) is 16.7. The van der Waals surface area contributed by atoms with E-state index in [1.807, 2.05) is 6.55 Å². The molecular formula is C33H40Cl2Zr. The van der Waals surface area contributed by atoms with Crippen molar-refractivity contribution in [3.8, 4) is 11.1 Å². The van der Waals surface area contributed by atoms with Gasteiger partial charge in [-0.15, -0.1) is 0 Å². The molecule has 0 aliphatic heterocycles. The van der Waals surface area contributed by atoms with Crippen LogP contribution >= 0.6 is 0 Å². The molecular weight excluding hydrogens is 558 g/mol. The Morgan fingerprint density at radius 3 is 2.00 bits per heavy atom. The molecule has 0 spiro atoms. The van der Waals surface area contributed by atoms with Gasteiger partial charge in [-0.3, -0.25) is 0 Å². The van der Waals surface area contributed by atoms with E-state index in [1.165, 1.54) is 63.4 Å². The number of allylic oxidation sites excluding steroid dienone is 4. The van der Waals surface area contributed by atoms with E-state index in [2.05, 4.69) is 77.7 Å². The van der Waals surface area contributed by atoms with Crippen molar-refractivity contribution in [2.75, 3.05) is 0 Å². The third kappa shape index (κ3) is 5.24. The van der Waals surface area contributed by atoms with Crippen molar-refractivity contribution < 1.29 is 46.1 Å². The molecule has 4 aliphatic carbocycles. The van der Waals surface area contributed by atoms with Gasteiger partial charge in [-0.25, -0.2) is 0 Å². The molecule has 2 saturated carbocycles. The second-order valence-corrected chi connectivity index (χ2v) is 17.7. The molecule has 2 unspecified atom stereocenters. The topological polar surface area (TPSA) is 0 Å². The van der Waals surface area contributed by atoms with E-state index in [0.717, 1.165) is 30.1 Å². The third-order valence-electron chi connectivity index (χ3n) is 9.70. The smallest absolute Gasteiger partial charge is 1.00 e. The standard InChI is InChI=1S/C15H26.C13H9.C5H5.2ClH.Zr/c1-12(14-7-3-4-8-14)11-13(2)15-9-5-6-10-15;1-3-7-12-10(5-1)9-11-6-2-4-8-13(11)12;1-2-4-5-3-1;;;/h12-15H,3-10H2,1-2H3;1-5,7-8H,9H2;1-3H,4H2;2*1H;/q;;;;;+2/p-2. The number of hydrogen-bond acceptors (Lipinski definition) is 0. The molecule has 0 heterocycles. The Labute approximate surface area is 239 Å². The van der Waals surface area contributed by atoms with Crippen molar-refractivity contribution in [3.05, 3.63) is 75.1 Å². The van der Waals surface area contributed by atoms with Gasteiger partial charge in [0.1, 0.15) is 0 Å². The molecule has 0 N–H and O–H groups in total. The van der Waals surface area contributed by atoms with Crippen molar-refractivity contribution in [1.29, 1.82) is 0 Å². The monoisotopic (exact) mass is 596 g/mol. The first kappa shape index (κ1) is 28.3. The summed E-state index contributed by atoms with van der Waals surface area (Å²) in [5, 5.41) is 0. The number of rotatable bonds is 6. The van der Waals surface area contributed by atoms with Gasteiger partial charge in [0.15, 0.2) is 0 Å². The number of fused-ring (bicyclic) bond motifs is 3. The third-order valence-corrected chi connectivity index (χ3v) is 18.3. The summed E-state index contributed by atoms with van der Waals surface area (Å²) in [4.78, 5) is 0. The van der Waals surface area contributed by atoms with Crippen LogP contribution in [-0.4, -0.2) is 3.21 Å². The summed E-state index contributed by atoms with van der Waals surface area (Å²) in [7, 11) is 0. The van der Waals surface area contributed by atoms with Gasteiger partial charge in [0.2, 0.25) is 0 Å². The van der Waals surface area contributed by atoms with Gasteiger partial charge in [-0.05, 0) is 0 Å². The van der Waals surface area contributed by atoms with E-state index in [4.69, 9.17) is 0 Å². The van der Waals surface area contributed by atoms with Gasteiger partial charge < -0.3 is 24.8 Å². The Balaban J connectivity index is 0.00000152. The molecule has 0 aromatic heterocycles. The predicted molar refractivity (Wildman–Crippen MR) is 143 cm³/mol. The summed E-state index contributed by atoms with van der Waals surface area (Å²) >= 11 is -2.25. The molecule has 6 rings (SSSR count). The molecule has 2 aromatic rings. The van der Waals surface area contributed by atoms with Crippen LogP contribution in [0, 0.1) is 23.7 Å². The van der Waals surface area contributed by atoms with Crippen molar-refractivity contribution in [2.24, 2.45) is 23.7 Å². The van der Waals surface area contributed by atoms with Crippen LogP contribution in [0.15, 0.2) is 64.0 Å². The van der Waals surface area contributed by atoms with Gasteiger partial charge in [-0.1, -0.05) is 0 Å². The first-order valence-corrected chi connectivity index (χ1v) is 17.7. The quantitative estimate of drug-likeness (QED) is 0.408. The van der Waals surface area contributed by atoms with Crippen molar-refractivity contribution >= 4 is 6.48 Å². The summed E-state index contributed by atoms with van der Waals surface area (Å²) < 4.78 is 5.74. The average Bonchev–Trinajstić information content (AvgIpc) is 3.68. The maximum Gasteiger partial charge on any atom is -1.00 e. The summed E-state index contributed by atoms with van der Waals surface area (Å²) in [6.45, 7) is 5.33. The summed E-state index contributed by atoms with van der Waals surface area (Å²) in [5.74, 6) is 3.46. The molecule has 0 bridgehead atoms. The number of benzene rings is 2. The normalized spacial score (nSPS) is 20.0. The fourth-order valence-electron chi connectivity index (χ4n) is 7.83. The Hall–Kier alpha value is -0.747. The van der Waals surface area contributed by atoms with Crippen LogP contribution in [0.1, 0.15) is 82.8 Å². The summed E-state index contributed by atoms with van der Waals surface area (Å²) in [5.41, 5.74) is 6.27. The summed E-state index contributed by atoms with van der Waals surface area (Å²) in [6, 6.07) is 16.6. The van der Waals surface area contributed by atoms with E-state index in [0.29, 0.717) is 0 Å². The van der Waals surface area contributed by atoms with Crippen LogP contribution in [-0.2, 0) is 27.7 Å². The Kier molecular flexibility index (Phi) is 9.74. The molecule has 0 radical (unpaired) electrons. The fourth-order valence-corrected chi connectivity index (χ4v) is 17.1. The zero-order valence-electron chi connectivity index (χ0n) is 21.9. The van der Waals surface area contributed by atoms with E-state index < -0.39 is 21.3 Å². The van der Waals surface area contributed by atoms with E-state index >= 15 is 0 Å². The zero-order chi connectivity index (χ0) is 23.1. The molecule has 2 fully saturated rings. The minimum Gasteiger partial charge on any atom is -1.00 e. The number of hydrogen-bond donors (Lipinski definition) is 0. The molecule has 0 saturated heterocycles. The minimum absolute atomic E-state index is 0. The largest absolute Gasteiger partial charge is 1.00 e. The van der Waals surface area contributed by atoms with Crippen LogP contribution < -0.4 is 28.1 Å². The average molecular weight is 599 g/mol. The molecule has 0 nitrogen and oxygen atoms in total. The second kappa shape index (κ2) is 12.4. The number of halogens is 2. The second-order valence-electron chi connectivity index (χ2n) is 11.5. The SMILES string of the molecule is CC([C](C(C)C1CCCC1)=[Zr+2]([C]1=CC=CC1)[c]1cccc2c1Cc1ccccc1-2)C1CCCC1.[Cl-].[Cl-]. The fraction of sp³-hybridized carbons (Fsp3) is 0.485. The van der Waals surface area contributed by atoms with Gasteiger partial charge >= 0.3 is 216 Å². The van der Waals surface area contributed by atoms with Crippen molar-refractivity contribution in [1.82, 2.24) is 0 Å². The molecule has 3 heteroatoms. The molecule has 36 heavy (non-hydrogen) atoms. The van der Waals surface area contributed by atoms with Gasteiger partial charge in [0.05, 0.1) is 0 Å². The zero-order valence-corrected chi connectivity index (χ0v) is 25.9. The molecule has 0 amide bonds. The van der Waals surface area contributed by atoms with Crippen molar-refractivity contribution in [2.45, 2.75) is 78.1 Å². The van der Waals surface area contributed by atoms with E-state index in [1.54, 1.807) is 16.7 Å². The van der Waals surface area contributed by atoms with Gasteiger partial charge in [-0.2, -0.15) is 0 Å². The minimum atomic E-state index is -2.25. The van der Waals surface area contributed by atoms with E-state index in [-0.39, 0.29) is 24.8 Å². The summed E-state index contributed by atoms with van der Waals surface area (Å²) in [6.07, 6.45) is 21.4. The molecule has 190 valence electrons. The first-order valence-electron chi connectivity index (χ1n) is 14.0.